The number of para-hydroxylation sites is 1. The monoisotopic (exact) mass is 501 g/mol. The number of benzene rings is 3. The molecule has 3 aromatic carbocycles. The Morgan fingerprint density at radius 1 is 0.886 bits per heavy atom. The van der Waals surface area contributed by atoms with Crippen molar-refractivity contribution in [3.05, 3.63) is 108 Å². The molecular formula is C25H19N5O3S2. The fourth-order valence-corrected chi connectivity index (χ4v) is 5.21. The molecule has 1 amide bonds. The number of aromatic nitrogens is 3. The van der Waals surface area contributed by atoms with Crippen LogP contribution < -0.4 is 10.0 Å². The van der Waals surface area contributed by atoms with Crippen LogP contribution in [0.1, 0.15) is 10.5 Å². The Hall–Kier alpha value is -4.28. The molecule has 0 spiro atoms. The summed E-state index contributed by atoms with van der Waals surface area (Å²) < 4.78 is 29.1. The molecule has 35 heavy (non-hydrogen) atoms. The minimum Gasteiger partial charge on any atom is -0.321 e. The normalized spacial score (nSPS) is 11.2. The lowest BCUT2D eigenvalue weighted by atomic mass is 10.1. The Balaban J connectivity index is 1.41. The van der Waals surface area contributed by atoms with Gasteiger partial charge in [-0.25, -0.2) is 18.1 Å². The Bertz CT molecular complexity index is 1550. The van der Waals surface area contributed by atoms with Gasteiger partial charge in [-0.2, -0.15) is 5.10 Å². The van der Waals surface area contributed by atoms with Gasteiger partial charge >= 0.3 is 0 Å². The van der Waals surface area contributed by atoms with Crippen LogP contribution in [0.3, 0.4) is 0 Å². The number of sulfonamides is 1. The van der Waals surface area contributed by atoms with Crippen LogP contribution >= 0.6 is 11.3 Å². The number of amides is 1. The van der Waals surface area contributed by atoms with Crippen molar-refractivity contribution in [1.29, 1.82) is 0 Å². The number of hydrogen-bond acceptors (Lipinski definition) is 6. The first kappa shape index (κ1) is 22.5. The molecule has 174 valence electrons. The number of nitrogens with zero attached hydrogens (tertiary/aromatic N) is 3. The van der Waals surface area contributed by atoms with E-state index < -0.39 is 10.0 Å². The topological polar surface area (TPSA) is 106 Å². The van der Waals surface area contributed by atoms with Gasteiger partial charge in [0.15, 0.2) is 5.13 Å². The Morgan fingerprint density at radius 2 is 1.57 bits per heavy atom. The van der Waals surface area contributed by atoms with Gasteiger partial charge in [-0.15, -0.1) is 11.3 Å². The molecular weight excluding hydrogens is 482 g/mol. The van der Waals surface area contributed by atoms with E-state index >= 15 is 0 Å². The van der Waals surface area contributed by atoms with Crippen LogP contribution in [0.4, 0.5) is 10.8 Å². The maximum Gasteiger partial charge on any atom is 0.274 e. The predicted octanol–water partition coefficient (Wildman–Crippen LogP) is 5.05. The molecule has 0 aliphatic rings. The molecule has 0 bridgehead atoms. The van der Waals surface area contributed by atoms with E-state index in [4.69, 9.17) is 0 Å². The number of anilines is 2. The van der Waals surface area contributed by atoms with Gasteiger partial charge in [0.05, 0.1) is 16.3 Å². The third-order valence-corrected chi connectivity index (χ3v) is 7.26. The molecule has 2 heterocycles. The summed E-state index contributed by atoms with van der Waals surface area (Å²) in [6, 6.07) is 26.6. The van der Waals surface area contributed by atoms with E-state index in [1.807, 2.05) is 60.7 Å². The highest BCUT2D eigenvalue weighted by molar-refractivity contribution is 7.93. The van der Waals surface area contributed by atoms with Crippen LogP contribution in [0, 0.1) is 0 Å². The first-order valence-electron chi connectivity index (χ1n) is 10.5. The summed E-state index contributed by atoms with van der Waals surface area (Å²) in [7, 11) is -3.78. The van der Waals surface area contributed by atoms with Gasteiger partial charge in [0.1, 0.15) is 5.69 Å². The van der Waals surface area contributed by atoms with Crippen molar-refractivity contribution in [2.45, 2.75) is 4.90 Å². The molecule has 0 saturated heterocycles. The second-order valence-corrected chi connectivity index (χ2v) is 10.0. The zero-order chi connectivity index (χ0) is 24.3. The molecule has 2 N–H and O–H groups in total. The van der Waals surface area contributed by atoms with Crippen LogP contribution in [0.15, 0.2) is 107 Å². The summed E-state index contributed by atoms with van der Waals surface area (Å²) in [5, 5.41) is 9.45. The highest BCUT2D eigenvalue weighted by atomic mass is 32.2. The molecule has 0 aliphatic carbocycles. The average molecular weight is 502 g/mol. The van der Waals surface area contributed by atoms with Gasteiger partial charge in [-0.3, -0.25) is 9.52 Å². The van der Waals surface area contributed by atoms with E-state index in [0.29, 0.717) is 17.1 Å². The Labute approximate surface area is 206 Å². The van der Waals surface area contributed by atoms with E-state index in [2.05, 4.69) is 20.1 Å². The van der Waals surface area contributed by atoms with Gasteiger partial charge in [0.25, 0.3) is 15.9 Å². The number of rotatable bonds is 7. The van der Waals surface area contributed by atoms with E-state index in [1.54, 1.807) is 16.1 Å². The minimum absolute atomic E-state index is 0.0615. The summed E-state index contributed by atoms with van der Waals surface area (Å²) >= 11 is 1.19. The smallest absolute Gasteiger partial charge is 0.274 e. The van der Waals surface area contributed by atoms with Gasteiger partial charge < -0.3 is 5.32 Å². The maximum absolute atomic E-state index is 13.2. The van der Waals surface area contributed by atoms with Crippen molar-refractivity contribution in [2.75, 3.05) is 10.0 Å². The van der Waals surface area contributed by atoms with E-state index in [1.165, 1.54) is 41.8 Å². The first-order valence-corrected chi connectivity index (χ1v) is 12.9. The Morgan fingerprint density at radius 3 is 2.23 bits per heavy atom. The number of thiazole rings is 1. The van der Waals surface area contributed by atoms with Crippen molar-refractivity contribution in [3.63, 3.8) is 0 Å². The standard InChI is InChI=1S/C25H19N5O3S2/c31-24(27-19-11-13-21(14-12-19)35(32,33)29-25-26-15-16-34-25)23-17-22(18-7-3-1-4-8-18)28-30(23)20-9-5-2-6-10-20/h1-17H,(H,26,29)(H,27,31). The zero-order valence-electron chi connectivity index (χ0n) is 18.2. The van der Waals surface area contributed by atoms with Crippen LogP contribution in [0.2, 0.25) is 0 Å². The van der Waals surface area contributed by atoms with Crippen molar-refractivity contribution >= 4 is 38.1 Å². The highest BCUT2D eigenvalue weighted by Gasteiger charge is 2.19. The molecule has 0 atom stereocenters. The fraction of sp³-hybridized carbons (Fsp3) is 0. The molecule has 0 fully saturated rings. The number of hydrogen-bond donors (Lipinski definition) is 2. The lowest BCUT2D eigenvalue weighted by Gasteiger charge is -2.09. The Kier molecular flexibility index (Phi) is 6.13. The maximum atomic E-state index is 13.2. The molecule has 10 heteroatoms. The lowest BCUT2D eigenvalue weighted by molar-refractivity contribution is 0.101. The minimum atomic E-state index is -3.78. The molecule has 8 nitrogen and oxygen atoms in total. The van der Waals surface area contributed by atoms with Gasteiger partial charge in [0.2, 0.25) is 0 Å². The summed E-state index contributed by atoms with van der Waals surface area (Å²) in [5.41, 5.74) is 3.09. The first-order chi connectivity index (χ1) is 17.0. The van der Waals surface area contributed by atoms with Crippen molar-refractivity contribution in [2.24, 2.45) is 0 Å². The predicted molar refractivity (Wildman–Crippen MR) is 136 cm³/mol. The van der Waals surface area contributed by atoms with Crippen LogP contribution in [0.5, 0.6) is 0 Å². The number of carbonyl (C=O) groups is 1. The second kappa shape index (κ2) is 9.53. The molecule has 0 aliphatic heterocycles. The second-order valence-electron chi connectivity index (χ2n) is 7.45. The zero-order valence-corrected chi connectivity index (χ0v) is 19.8. The van der Waals surface area contributed by atoms with Crippen molar-refractivity contribution < 1.29 is 13.2 Å². The average Bonchev–Trinajstić information content (AvgIpc) is 3.55. The molecule has 5 rings (SSSR count). The lowest BCUT2D eigenvalue weighted by Crippen LogP contribution is -2.17. The van der Waals surface area contributed by atoms with Gasteiger partial charge in [-0.05, 0) is 42.5 Å². The van der Waals surface area contributed by atoms with Gasteiger partial charge in [0, 0.05) is 22.8 Å². The fourth-order valence-electron chi connectivity index (χ4n) is 3.42. The van der Waals surface area contributed by atoms with E-state index in [9.17, 15) is 13.2 Å². The van der Waals surface area contributed by atoms with E-state index in [-0.39, 0.29) is 15.9 Å². The number of nitrogens with one attached hydrogen (secondary N) is 2. The van der Waals surface area contributed by atoms with Crippen LogP contribution in [-0.4, -0.2) is 29.1 Å². The SMILES string of the molecule is O=C(Nc1ccc(S(=O)(=O)Nc2nccs2)cc1)c1cc(-c2ccccc2)nn1-c1ccccc1. The number of carbonyl (C=O) groups excluding carboxylic acids is 1. The molecule has 0 radical (unpaired) electrons. The van der Waals surface area contributed by atoms with Crippen molar-refractivity contribution in [1.82, 2.24) is 14.8 Å². The van der Waals surface area contributed by atoms with Crippen LogP contribution in [-0.2, 0) is 10.0 Å². The summed E-state index contributed by atoms with van der Waals surface area (Å²) in [5.74, 6) is -0.375. The highest BCUT2D eigenvalue weighted by Crippen LogP contribution is 2.24. The van der Waals surface area contributed by atoms with Crippen molar-refractivity contribution in [3.8, 4) is 16.9 Å². The molecule has 2 aromatic heterocycles. The third kappa shape index (κ3) is 4.98. The van der Waals surface area contributed by atoms with Gasteiger partial charge in [-0.1, -0.05) is 48.5 Å². The summed E-state index contributed by atoms with van der Waals surface area (Å²) in [6.07, 6.45) is 1.52. The largest absolute Gasteiger partial charge is 0.321 e. The third-order valence-electron chi connectivity index (χ3n) is 5.09. The summed E-state index contributed by atoms with van der Waals surface area (Å²) in [4.78, 5) is 17.2. The summed E-state index contributed by atoms with van der Waals surface area (Å²) in [6.45, 7) is 0. The van der Waals surface area contributed by atoms with E-state index in [0.717, 1.165) is 11.3 Å². The molecule has 0 saturated carbocycles. The quantitative estimate of drug-likeness (QED) is 0.325. The van der Waals surface area contributed by atoms with Crippen LogP contribution in [0.25, 0.3) is 16.9 Å². The molecule has 0 unspecified atom stereocenters. The molecule has 5 aromatic rings.